The van der Waals surface area contributed by atoms with Crippen LogP contribution in [0.4, 0.5) is 5.69 Å². The number of aryl methyl sites for hydroxylation is 1. The fraction of sp³-hybridized carbons (Fsp3) is 0.160. The molecule has 1 amide bonds. The Hall–Kier alpha value is -3.78. The second-order valence-corrected chi connectivity index (χ2v) is 8.89. The number of aromatic nitrogens is 3. The number of ether oxygens (including phenoxy) is 1. The number of benzene rings is 3. The molecule has 166 valence electrons. The van der Waals surface area contributed by atoms with Crippen molar-refractivity contribution in [2.75, 3.05) is 17.9 Å². The molecule has 2 atom stereocenters. The van der Waals surface area contributed by atoms with E-state index < -0.39 is 5.25 Å². The smallest absolute Gasteiger partial charge is 0.240 e. The van der Waals surface area contributed by atoms with Crippen LogP contribution in [0.5, 0.6) is 5.75 Å². The van der Waals surface area contributed by atoms with E-state index in [1.54, 1.807) is 7.11 Å². The molecule has 1 aliphatic rings. The Morgan fingerprint density at radius 3 is 2.42 bits per heavy atom. The summed E-state index contributed by atoms with van der Waals surface area (Å²) >= 11 is 1.40. The van der Waals surface area contributed by atoms with Crippen molar-refractivity contribution in [3.8, 4) is 17.1 Å². The third kappa shape index (κ3) is 4.29. The average molecular weight is 458 g/mol. The molecule has 2 N–H and O–H groups in total. The minimum absolute atomic E-state index is 0.112. The number of amides is 1. The van der Waals surface area contributed by atoms with Crippen LogP contribution in [0, 0.1) is 6.92 Å². The summed E-state index contributed by atoms with van der Waals surface area (Å²) in [7, 11) is 1.62. The zero-order chi connectivity index (χ0) is 22.8. The molecule has 0 aliphatic carbocycles. The molecule has 1 aliphatic heterocycles. The second-order valence-electron chi connectivity index (χ2n) is 7.78. The molecule has 2 unspecified atom stereocenters. The molecule has 8 heteroatoms. The number of nitrogens with one attached hydrogen (secondary N) is 2. The lowest BCUT2D eigenvalue weighted by Gasteiger charge is -2.33. The van der Waals surface area contributed by atoms with Crippen LogP contribution in [-0.2, 0) is 4.79 Å². The van der Waals surface area contributed by atoms with Gasteiger partial charge in [-0.25, -0.2) is 4.68 Å². The highest BCUT2D eigenvalue weighted by atomic mass is 32.2. The monoisotopic (exact) mass is 457 g/mol. The van der Waals surface area contributed by atoms with Gasteiger partial charge in [0.25, 0.3) is 0 Å². The van der Waals surface area contributed by atoms with Crippen LogP contribution in [0.1, 0.15) is 17.2 Å². The molecule has 0 fully saturated rings. The number of anilines is 1. The van der Waals surface area contributed by atoms with E-state index in [0.29, 0.717) is 16.7 Å². The van der Waals surface area contributed by atoms with E-state index in [0.717, 1.165) is 22.4 Å². The van der Waals surface area contributed by atoms with Gasteiger partial charge in [-0.1, -0.05) is 71.9 Å². The predicted octanol–water partition coefficient (Wildman–Crippen LogP) is 4.66. The zero-order valence-electron chi connectivity index (χ0n) is 18.2. The lowest BCUT2D eigenvalue weighted by molar-refractivity contribution is -0.116. The molecule has 0 saturated carbocycles. The molecule has 1 aromatic heterocycles. The van der Waals surface area contributed by atoms with Crippen molar-refractivity contribution in [1.29, 1.82) is 0 Å². The summed E-state index contributed by atoms with van der Waals surface area (Å²) in [6, 6.07) is 25.1. The summed E-state index contributed by atoms with van der Waals surface area (Å²) in [5.74, 6) is 1.34. The minimum atomic E-state index is -0.449. The van der Waals surface area contributed by atoms with Crippen LogP contribution in [0.3, 0.4) is 0 Å². The van der Waals surface area contributed by atoms with Crippen LogP contribution in [0.25, 0.3) is 11.4 Å². The molecule has 0 saturated heterocycles. The maximum atomic E-state index is 13.4. The first kappa shape index (κ1) is 21.1. The maximum absolute atomic E-state index is 13.4. The third-order valence-electron chi connectivity index (χ3n) is 5.52. The van der Waals surface area contributed by atoms with E-state index in [1.165, 1.54) is 11.8 Å². The molecule has 0 radical (unpaired) electrons. The second kappa shape index (κ2) is 8.99. The Balaban J connectivity index is 1.48. The van der Waals surface area contributed by atoms with Gasteiger partial charge in [0, 0.05) is 11.3 Å². The van der Waals surface area contributed by atoms with Crippen molar-refractivity contribution >= 4 is 23.4 Å². The molecule has 0 spiro atoms. The average Bonchev–Trinajstić information content (AvgIpc) is 3.28. The summed E-state index contributed by atoms with van der Waals surface area (Å²) in [6.45, 7) is 2.05. The molecule has 0 bridgehead atoms. The van der Waals surface area contributed by atoms with Crippen LogP contribution in [0.15, 0.2) is 84.0 Å². The topological polar surface area (TPSA) is 81.1 Å². The Morgan fingerprint density at radius 2 is 1.73 bits per heavy atom. The van der Waals surface area contributed by atoms with E-state index in [4.69, 9.17) is 4.74 Å². The largest absolute Gasteiger partial charge is 0.497 e. The van der Waals surface area contributed by atoms with Crippen molar-refractivity contribution in [2.24, 2.45) is 0 Å². The Kier molecular flexibility index (Phi) is 5.75. The number of carbonyl (C=O) groups excluding carboxylic acids is 1. The van der Waals surface area contributed by atoms with Crippen LogP contribution < -0.4 is 15.5 Å². The summed E-state index contributed by atoms with van der Waals surface area (Å²) in [5.41, 5.74) is 7.34. The molecular weight excluding hydrogens is 434 g/mol. The molecule has 2 heterocycles. The summed E-state index contributed by atoms with van der Waals surface area (Å²) < 4.78 is 7.08. The number of rotatable bonds is 5. The SMILES string of the molecule is COc1ccc(NC(=O)C2Sc3nnc(-c4ccccc4)n3NC2c2ccc(C)cc2)cc1. The molecular formula is C25H23N5O2S. The number of carbonyl (C=O) groups is 1. The first-order valence-electron chi connectivity index (χ1n) is 10.6. The fourth-order valence-electron chi connectivity index (χ4n) is 3.74. The number of methoxy groups -OCH3 is 1. The fourth-order valence-corrected chi connectivity index (χ4v) is 4.82. The van der Waals surface area contributed by atoms with Crippen molar-refractivity contribution in [3.63, 3.8) is 0 Å². The van der Waals surface area contributed by atoms with Crippen molar-refractivity contribution in [2.45, 2.75) is 23.4 Å². The molecule has 4 aromatic rings. The van der Waals surface area contributed by atoms with E-state index in [9.17, 15) is 4.79 Å². The number of fused-ring (bicyclic) bond motifs is 1. The zero-order valence-corrected chi connectivity index (χ0v) is 19.0. The minimum Gasteiger partial charge on any atom is -0.497 e. The number of hydrogen-bond donors (Lipinski definition) is 2. The third-order valence-corrected chi connectivity index (χ3v) is 6.74. The van der Waals surface area contributed by atoms with E-state index in [2.05, 4.69) is 45.2 Å². The molecule has 3 aromatic carbocycles. The molecule has 5 rings (SSSR count). The number of hydrogen-bond acceptors (Lipinski definition) is 6. The van der Waals surface area contributed by atoms with E-state index in [1.807, 2.05) is 66.2 Å². The van der Waals surface area contributed by atoms with Crippen LogP contribution in [0.2, 0.25) is 0 Å². The van der Waals surface area contributed by atoms with Gasteiger partial charge in [0.1, 0.15) is 11.0 Å². The predicted molar refractivity (Wildman–Crippen MR) is 130 cm³/mol. The van der Waals surface area contributed by atoms with Gasteiger partial charge in [0.15, 0.2) is 5.82 Å². The van der Waals surface area contributed by atoms with E-state index >= 15 is 0 Å². The van der Waals surface area contributed by atoms with Crippen molar-refractivity contribution in [1.82, 2.24) is 14.9 Å². The van der Waals surface area contributed by atoms with Gasteiger partial charge >= 0.3 is 0 Å². The highest BCUT2D eigenvalue weighted by Crippen LogP contribution is 2.39. The van der Waals surface area contributed by atoms with Gasteiger partial charge in [0.2, 0.25) is 11.1 Å². The van der Waals surface area contributed by atoms with Crippen molar-refractivity contribution < 1.29 is 9.53 Å². The summed E-state index contributed by atoms with van der Waals surface area (Å²) in [4.78, 5) is 13.4. The van der Waals surface area contributed by atoms with Crippen LogP contribution in [-0.4, -0.2) is 33.1 Å². The van der Waals surface area contributed by atoms with Gasteiger partial charge in [-0.15, -0.1) is 10.2 Å². The van der Waals surface area contributed by atoms with Gasteiger partial charge in [-0.3, -0.25) is 4.79 Å². The lowest BCUT2D eigenvalue weighted by atomic mass is 10.0. The van der Waals surface area contributed by atoms with Crippen LogP contribution >= 0.6 is 11.8 Å². The summed E-state index contributed by atoms with van der Waals surface area (Å²) in [6.07, 6.45) is 0. The normalized spacial score (nSPS) is 17.0. The van der Waals surface area contributed by atoms with Gasteiger partial charge in [0.05, 0.1) is 13.2 Å². The molecule has 7 nitrogen and oxygen atoms in total. The summed E-state index contributed by atoms with van der Waals surface area (Å²) in [5, 5.41) is 12.0. The van der Waals surface area contributed by atoms with E-state index in [-0.39, 0.29) is 11.9 Å². The first-order valence-corrected chi connectivity index (χ1v) is 11.5. The van der Waals surface area contributed by atoms with Gasteiger partial charge in [-0.2, -0.15) is 0 Å². The Morgan fingerprint density at radius 1 is 1.00 bits per heavy atom. The quantitative estimate of drug-likeness (QED) is 0.454. The standard InChI is InChI=1S/C25H23N5O2S/c1-16-8-10-17(11-9-16)21-22(24(31)26-19-12-14-20(32-2)15-13-19)33-25-28-27-23(30(25)29-21)18-6-4-3-5-7-18/h3-15,21-22,29H,1-2H3,(H,26,31). The maximum Gasteiger partial charge on any atom is 0.240 e. The Labute approximate surface area is 196 Å². The highest BCUT2D eigenvalue weighted by molar-refractivity contribution is 8.00. The first-order chi connectivity index (χ1) is 16.1. The van der Waals surface area contributed by atoms with Crippen molar-refractivity contribution in [3.05, 3.63) is 90.0 Å². The number of nitrogens with zero attached hydrogens (tertiary/aromatic N) is 3. The lowest BCUT2D eigenvalue weighted by Crippen LogP contribution is -2.41. The Bertz CT molecular complexity index is 1260. The number of thioether (sulfide) groups is 1. The van der Waals surface area contributed by atoms with Gasteiger partial charge < -0.3 is 15.5 Å². The highest BCUT2D eigenvalue weighted by Gasteiger charge is 2.38. The molecule has 33 heavy (non-hydrogen) atoms. The van der Waals surface area contributed by atoms with Gasteiger partial charge in [-0.05, 0) is 36.8 Å².